The van der Waals surface area contributed by atoms with Crippen LogP contribution in [0.25, 0.3) is 76.9 Å². The molecule has 1 aromatic heterocycles. The number of benzene rings is 9. The first-order valence-electron chi connectivity index (χ1n) is 19.5. The Kier molecular flexibility index (Phi) is 8.01. The van der Waals surface area contributed by atoms with Crippen LogP contribution in [-0.2, 0) is 0 Å². The van der Waals surface area contributed by atoms with Gasteiger partial charge in [0.25, 0.3) is 0 Å². The second-order valence-corrected chi connectivity index (χ2v) is 14.7. The molecule has 11 rings (SSSR count). The number of aliphatic imine (C=N–C) groups is 1. The van der Waals surface area contributed by atoms with Gasteiger partial charge in [0.05, 0.1) is 0 Å². The predicted molar refractivity (Wildman–Crippen MR) is 236 cm³/mol. The summed E-state index contributed by atoms with van der Waals surface area (Å²) < 4.78 is 6.74. The summed E-state index contributed by atoms with van der Waals surface area (Å²) in [6.07, 6.45) is -0.573. The normalized spacial score (nSPS) is 15.5. The van der Waals surface area contributed by atoms with Crippen LogP contribution in [0.2, 0.25) is 0 Å². The third-order valence-electron chi connectivity index (χ3n) is 11.4. The van der Waals surface area contributed by atoms with Gasteiger partial charge in [-0.1, -0.05) is 188 Å². The van der Waals surface area contributed by atoms with E-state index in [2.05, 4.69) is 205 Å². The van der Waals surface area contributed by atoms with Gasteiger partial charge in [-0.05, 0) is 67.1 Å². The maximum absolute atomic E-state index is 6.74. The smallest absolute Gasteiger partial charge is 0.143 e. The molecule has 10 aromatic rings. The van der Waals surface area contributed by atoms with Gasteiger partial charge in [0, 0.05) is 27.5 Å². The van der Waals surface area contributed by atoms with Crippen molar-refractivity contribution in [2.45, 2.75) is 12.3 Å². The molecule has 0 spiro atoms. The fraction of sp³-hybridized carbons (Fsp3) is 0.0377. The van der Waals surface area contributed by atoms with Gasteiger partial charge < -0.3 is 9.73 Å². The highest BCUT2D eigenvalue weighted by atomic mass is 16.3. The van der Waals surface area contributed by atoms with E-state index in [1.54, 1.807) is 0 Å². The number of rotatable bonds is 6. The summed E-state index contributed by atoms with van der Waals surface area (Å²) in [5.41, 5.74) is 11.9. The van der Waals surface area contributed by atoms with Crippen LogP contribution >= 0.6 is 0 Å². The fourth-order valence-electron chi connectivity index (χ4n) is 8.68. The van der Waals surface area contributed by atoms with E-state index in [9.17, 15) is 0 Å². The third-order valence-corrected chi connectivity index (χ3v) is 11.4. The van der Waals surface area contributed by atoms with Gasteiger partial charge in [-0.3, -0.25) is 5.32 Å². The molecule has 57 heavy (non-hydrogen) atoms. The van der Waals surface area contributed by atoms with Crippen LogP contribution in [-0.4, -0.2) is 5.84 Å². The van der Waals surface area contributed by atoms with Gasteiger partial charge >= 0.3 is 0 Å². The summed E-state index contributed by atoms with van der Waals surface area (Å²) >= 11 is 0. The van der Waals surface area contributed by atoms with E-state index >= 15 is 0 Å². The molecule has 0 saturated heterocycles. The third kappa shape index (κ3) is 5.78. The highest BCUT2D eigenvalue weighted by Gasteiger charge is 2.30. The van der Waals surface area contributed by atoms with Crippen LogP contribution in [0.15, 0.2) is 210 Å². The zero-order valence-electron chi connectivity index (χ0n) is 31.1. The molecule has 4 heteroatoms. The number of para-hydroxylation sites is 1. The Bertz CT molecular complexity index is 3120. The lowest BCUT2D eigenvalue weighted by Crippen LogP contribution is -2.45. The molecule has 0 amide bonds. The number of amidine groups is 1. The van der Waals surface area contributed by atoms with Crippen molar-refractivity contribution >= 4 is 49.3 Å². The van der Waals surface area contributed by atoms with Crippen LogP contribution in [0, 0.1) is 0 Å². The van der Waals surface area contributed by atoms with Gasteiger partial charge in [0.1, 0.15) is 29.3 Å². The lowest BCUT2D eigenvalue weighted by Gasteiger charge is -2.34. The number of hydrogen-bond acceptors (Lipinski definition) is 4. The lowest BCUT2D eigenvalue weighted by atomic mass is 9.88. The quantitative estimate of drug-likeness (QED) is 0.179. The first-order chi connectivity index (χ1) is 28.3. The topological polar surface area (TPSA) is 49.6 Å². The van der Waals surface area contributed by atoms with E-state index in [-0.39, 0.29) is 12.3 Å². The highest BCUT2D eigenvalue weighted by molar-refractivity contribution is 6.17. The summed E-state index contributed by atoms with van der Waals surface area (Å²) in [5.74, 6) is 0.842. The molecule has 2 atom stereocenters. The summed E-state index contributed by atoms with van der Waals surface area (Å²) in [5, 5.41) is 14.9. The van der Waals surface area contributed by atoms with Gasteiger partial charge in [-0.15, -0.1) is 0 Å². The van der Waals surface area contributed by atoms with E-state index in [1.807, 2.05) is 6.07 Å². The summed E-state index contributed by atoms with van der Waals surface area (Å²) in [6.45, 7) is 0. The molecule has 9 aromatic carbocycles. The molecule has 0 saturated carbocycles. The van der Waals surface area contributed by atoms with Crippen molar-refractivity contribution in [2.75, 3.05) is 0 Å². The number of nitrogens with one attached hydrogen (secondary N) is 2. The van der Waals surface area contributed by atoms with Crippen molar-refractivity contribution in [3.63, 3.8) is 0 Å². The number of hydrogen-bond donors (Lipinski definition) is 2. The van der Waals surface area contributed by atoms with Crippen molar-refractivity contribution in [1.82, 2.24) is 10.6 Å². The van der Waals surface area contributed by atoms with Gasteiger partial charge in [0.15, 0.2) is 0 Å². The zero-order chi connectivity index (χ0) is 37.7. The first kappa shape index (κ1) is 33.1. The van der Waals surface area contributed by atoms with Crippen molar-refractivity contribution in [3.05, 3.63) is 217 Å². The Morgan fingerprint density at radius 2 is 1.02 bits per heavy atom. The van der Waals surface area contributed by atoms with Crippen molar-refractivity contribution < 1.29 is 4.42 Å². The Labute approximate surface area is 330 Å². The van der Waals surface area contributed by atoms with E-state index in [0.717, 1.165) is 66.7 Å². The largest absolute Gasteiger partial charge is 0.455 e. The van der Waals surface area contributed by atoms with Gasteiger partial charge in [-0.25, -0.2) is 4.99 Å². The molecule has 0 aliphatic carbocycles. The monoisotopic (exact) mass is 731 g/mol. The van der Waals surface area contributed by atoms with Crippen LogP contribution in [0.1, 0.15) is 29.0 Å². The van der Waals surface area contributed by atoms with Crippen molar-refractivity contribution in [2.24, 2.45) is 4.99 Å². The first-order valence-corrected chi connectivity index (χ1v) is 19.5. The zero-order valence-corrected chi connectivity index (χ0v) is 31.1. The Morgan fingerprint density at radius 3 is 1.82 bits per heavy atom. The molecule has 1 aliphatic heterocycles. The van der Waals surface area contributed by atoms with Gasteiger partial charge in [0.2, 0.25) is 0 Å². The average molecular weight is 732 g/mol. The molecule has 1 aliphatic rings. The minimum atomic E-state index is -0.288. The van der Waals surface area contributed by atoms with Crippen molar-refractivity contribution in [3.8, 4) is 33.4 Å². The molecule has 2 heterocycles. The second-order valence-electron chi connectivity index (χ2n) is 14.7. The predicted octanol–water partition coefficient (Wildman–Crippen LogP) is 13.2. The number of fused-ring (bicyclic) bond motifs is 5. The lowest BCUT2D eigenvalue weighted by molar-refractivity contribution is 0.411. The number of nitrogens with zero attached hydrogens (tertiary/aromatic N) is 1. The van der Waals surface area contributed by atoms with E-state index < -0.39 is 0 Å². The molecule has 270 valence electrons. The standard InChI is InChI=1S/C53H37N3O/c1-3-14-35(15-4-1)43-32-33-44(48-46-23-11-12-25-47(46)57-50(43)48)45-31-30-36-17-8-10-22-42(36)49(45)53-55-51(38-18-5-2-6-19-38)54-52(56-53)39-28-26-37(27-29-39)41-24-13-20-34-16-7-9-21-40(34)41/h1-33,51,53,55H,(H,54,56). The molecular formula is C53H37N3O. The fourth-order valence-corrected chi connectivity index (χ4v) is 8.68. The maximum atomic E-state index is 6.74. The van der Waals surface area contributed by atoms with Crippen LogP contribution < -0.4 is 10.6 Å². The highest BCUT2D eigenvalue weighted by Crippen LogP contribution is 2.45. The van der Waals surface area contributed by atoms with Crippen molar-refractivity contribution in [1.29, 1.82) is 0 Å². The van der Waals surface area contributed by atoms with Crippen LogP contribution in [0.3, 0.4) is 0 Å². The second kappa shape index (κ2) is 13.8. The van der Waals surface area contributed by atoms with Crippen LogP contribution in [0.4, 0.5) is 0 Å². The molecule has 0 bridgehead atoms. The Balaban J connectivity index is 1.09. The van der Waals surface area contributed by atoms with E-state index in [4.69, 9.17) is 9.41 Å². The summed E-state index contributed by atoms with van der Waals surface area (Å²) in [6, 6.07) is 71.0. The molecule has 4 nitrogen and oxygen atoms in total. The molecular weight excluding hydrogens is 695 g/mol. The Hall–Kier alpha value is -7.27. The molecule has 0 radical (unpaired) electrons. The van der Waals surface area contributed by atoms with E-state index in [0.29, 0.717) is 0 Å². The summed E-state index contributed by atoms with van der Waals surface area (Å²) in [4.78, 5) is 5.34. The SMILES string of the molecule is c1ccc(-c2ccc(-c3ccc4ccccc4c3C3NC(c4ccc(-c5cccc6ccccc56)cc4)=NC(c4ccccc4)N3)c3c2oc2ccccc23)cc1. The maximum Gasteiger partial charge on any atom is 0.143 e. The minimum Gasteiger partial charge on any atom is -0.455 e. The van der Waals surface area contributed by atoms with Gasteiger partial charge in [-0.2, -0.15) is 0 Å². The summed E-state index contributed by atoms with van der Waals surface area (Å²) in [7, 11) is 0. The average Bonchev–Trinajstić information content (AvgIpc) is 3.69. The van der Waals surface area contributed by atoms with E-state index in [1.165, 1.54) is 32.7 Å². The molecule has 2 N–H and O–H groups in total. The molecule has 0 fully saturated rings. The number of furan rings is 1. The Morgan fingerprint density at radius 1 is 0.421 bits per heavy atom. The minimum absolute atomic E-state index is 0.285. The molecule has 2 unspecified atom stereocenters. The van der Waals surface area contributed by atoms with Crippen LogP contribution in [0.5, 0.6) is 0 Å².